The van der Waals surface area contributed by atoms with E-state index in [9.17, 15) is 4.79 Å². The summed E-state index contributed by atoms with van der Waals surface area (Å²) >= 11 is 1.61. The fraction of sp³-hybridized carbons (Fsp3) is 0.500. The molecule has 17 heavy (non-hydrogen) atoms. The molecule has 2 nitrogen and oxygen atoms in total. The first kappa shape index (κ1) is 12.5. The maximum atomic E-state index is 11.7. The first-order valence-corrected chi connectivity index (χ1v) is 7.52. The van der Waals surface area contributed by atoms with Crippen LogP contribution in [0, 0.1) is 0 Å². The quantitative estimate of drug-likeness (QED) is 0.821. The van der Waals surface area contributed by atoms with Crippen LogP contribution in [0.5, 0.6) is 0 Å². The van der Waals surface area contributed by atoms with E-state index in [2.05, 4.69) is 30.3 Å². The summed E-state index contributed by atoms with van der Waals surface area (Å²) in [4.78, 5) is 13.8. The average molecular weight is 249 g/mol. The number of piperidine rings is 1. The molecule has 2 rings (SSSR count). The Morgan fingerprint density at radius 2 is 1.94 bits per heavy atom. The van der Waals surface area contributed by atoms with E-state index in [1.54, 1.807) is 11.8 Å². The average Bonchev–Trinajstić information content (AvgIpc) is 2.40. The molecule has 1 fully saturated rings. The number of hydrogen-bond donors (Lipinski definition) is 0. The van der Waals surface area contributed by atoms with Crippen LogP contribution in [0.25, 0.3) is 0 Å². The molecule has 1 heterocycles. The molecule has 3 heteroatoms. The van der Waals surface area contributed by atoms with Crippen molar-refractivity contribution in [3.8, 4) is 0 Å². The molecule has 1 aliphatic heterocycles. The minimum atomic E-state index is 0.295. The van der Waals surface area contributed by atoms with Crippen molar-refractivity contribution in [2.24, 2.45) is 0 Å². The molecule has 1 aromatic carbocycles. The summed E-state index contributed by atoms with van der Waals surface area (Å²) in [5, 5.41) is 0. The Labute approximate surface area is 107 Å². The molecule has 0 aliphatic carbocycles. The molecule has 0 radical (unpaired) electrons. The third-order valence-corrected chi connectivity index (χ3v) is 3.92. The molecular weight excluding hydrogens is 230 g/mol. The van der Waals surface area contributed by atoms with Gasteiger partial charge in [0.05, 0.1) is 5.75 Å². The lowest BCUT2D eigenvalue weighted by molar-refractivity contribution is -0.129. The van der Waals surface area contributed by atoms with Crippen LogP contribution < -0.4 is 0 Å². The smallest absolute Gasteiger partial charge is 0.232 e. The summed E-state index contributed by atoms with van der Waals surface area (Å²) in [5.74, 6) is 1.55. The fourth-order valence-electron chi connectivity index (χ4n) is 2.40. The Morgan fingerprint density at radius 1 is 1.29 bits per heavy atom. The highest BCUT2D eigenvalue weighted by Crippen LogP contribution is 2.27. The summed E-state index contributed by atoms with van der Waals surface area (Å²) in [7, 11) is 0. The van der Waals surface area contributed by atoms with Gasteiger partial charge in [0, 0.05) is 13.1 Å². The second-order valence-electron chi connectivity index (χ2n) is 4.50. The summed E-state index contributed by atoms with van der Waals surface area (Å²) in [6.45, 7) is 1.83. The van der Waals surface area contributed by atoms with Crippen molar-refractivity contribution in [2.45, 2.75) is 18.8 Å². The van der Waals surface area contributed by atoms with Crippen molar-refractivity contribution >= 4 is 17.7 Å². The van der Waals surface area contributed by atoms with E-state index in [4.69, 9.17) is 0 Å². The summed E-state index contributed by atoms with van der Waals surface area (Å²) in [6.07, 6.45) is 4.18. The van der Waals surface area contributed by atoms with E-state index >= 15 is 0 Å². The number of benzene rings is 1. The van der Waals surface area contributed by atoms with E-state index in [1.165, 1.54) is 5.56 Å². The summed E-state index contributed by atoms with van der Waals surface area (Å²) in [5.41, 5.74) is 1.42. The minimum Gasteiger partial charge on any atom is -0.342 e. The minimum absolute atomic E-state index is 0.295. The molecule has 1 amide bonds. The predicted molar refractivity (Wildman–Crippen MR) is 73.4 cm³/mol. The van der Waals surface area contributed by atoms with E-state index in [1.807, 2.05) is 11.2 Å². The maximum absolute atomic E-state index is 11.7. The van der Waals surface area contributed by atoms with Gasteiger partial charge in [-0.1, -0.05) is 30.3 Å². The molecular formula is C14H19NOS. The number of likely N-dealkylation sites (tertiary alicyclic amines) is 1. The molecule has 1 aliphatic rings. The van der Waals surface area contributed by atoms with Gasteiger partial charge in [-0.15, -0.1) is 0 Å². The number of hydrogen-bond acceptors (Lipinski definition) is 2. The molecule has 0 N–H and O–H groups in total. The molecule has 92 valence electrons. The van der Waals surface area contributed by atoms with Crippen LogP contribution in [-0.2, 0) is 4.79 Å². The normalized spacial score (nSPS) is 17.1. The zero-order chi connectivity index (χ0) is 12.1. The van der Waals surface area contributed by atoms with E-state index in [0.717, 1.165) is 25.9 Å². The lowest BCUT2D eigenvalue weighted by atomic mass is 9.89. The molecule has 0 aromatic heterocycles. The van der Waals surface area contributed by atoms with Crippen molar-refractivity contribution in [1.29, 1.82) is 0 Å². The van der Waals surface area contributed by atoms with E-state index in [0.29, 0.717) is 17.6 Å². The van der Waals surface area contributed by atoms with Gasteiger partial charge in [-0.25, -0.2) is 0 Å². The van der Waals surface area contributed by atoms with Crippen molar-refractivity contribution < 1.29 is 4.79 Å². The van der Waals surface area contributed by atoms with E-state index in [-0.39, 0.29) is 0 Å². The Bertz CT molecular complexity index is 358. The lowest BCUT2D eigenvalue weighted by Crippen LogP contribution is -2.38. The van der Waals surface area contributed by atoms with Crippen LogP contribution in [0.1, 0.15) is 24.3 Å². The maximum Gasteiger partial charge on any atom is 0.232 e. The van der Waals surface area contributed by atoms with Gasteiger partial charge in [0.2, 0.25) is 5.91 Å². The molecule has 1 saturated heterocycles. The van der Waals surface area contributed by atoms with Gasteiger partial charge in [-0.05, 0) is 30.6 Å². The second kappa shape index (κ2) is 6.10. The summed E-state index contributed by atoms with van der Waals surface area (Å²) < 4.78 is 0. The van der Waals surface area contributed by atoms with Gasteiger partial charge in [0.25, 0.3) is 0 Å². The molecule has 0 spiro atoms. The number of carbonyl (C=O) groups excluding carboxylic acids is 1. The van der Waals surface area contributed by atoms with Crippen LogP contribution in [-0.4, -0.2) is 35.9 Å². The second-order valence-corrected chi connectivity index (χ2v) is 5.36. The Hall–Kier alpha value is -0.960. The Balaban J connectivity index is 1.88. The van der Waals surface area contributed by atoms with Gasteiger partial charge in [-0.3, -0.25) is 4.79 Å². The number of carbonyl (C=O) groups is 1. The third kappa shape index (κ3) is 3.25. The first-order valence-electron chi connectivity index (χ1n) is 6.13. The highest BCUT2D eigenvalue weighted by Gasteiger charge is 2.22. The van der Waals surface area contributed by atoms with Gasteiger partial charge in [-0.2, -0.15) is 11.8 Å². The van der Waals surface area contributed by atoms with Crippen LogP contribution in [0.15, 0.2) is 30.3 Å². The summed E-state index contributed by atoms with van der Waals surface area (Å²) in [6, 6.07) is 10.6. The highest BCUT2D eigenvalue weighted by molar-refractivity contribution is 7.99. The highest BCUT2D eigenvalue weighted by atomic mass is 32.2. The molecule has 0 bridgehead atoms. The van der Waals surface area contributed by atoms with Crippen molar-refractivity contribution in [3.63, 3.8) is 0 Å². The number of nitrogens with zero attached hydrogens (tertiary/aromatic N) is 1. The zero-order valence-electron chi connectivity index (χ0n) is 10.3. The number of thioether (sulfide) groups is 1. The number of rotatable bonds is 3. The van der Waals surface area contributed by atoms with Crippen LogP contribution in [0.3, 0.4) is 0 Å². The third-order valence-electron chi connectivity index (χ3n) is 3.39. The first-order chi connectivity index (χ1) is 8.31. The molecule has 0 unspecified atom stereocenters. The molecule has 0 saturated carbocycles. The molecule has 0 atom stereocenters. The zero-order valence-corrected chi connectivity index (χ0v) is 11.1. The van der Waals surface area contributed by atoms with E-state index < -0.39 is 0 Å². The van der Waals surface area contributed by atoms with Crippen molar-refractivity contribution in [3.05, 3.63) is 35.9 Å². The number of amides is 1. The predicted octanol–water partition coefficient (Wildman–Crippen LogP) is 2.76. The lowest BCUT2D eigenvalue weighted by Gasteiger charge is -2.32. The SMILES string of the molecule is CSCC(=O)N1CCC(c2ccccc2)CC1. The van der Waals surface area contributed by atoms with Crippen molar-refractivity contribution in [2.75, 3.05) is 25.1 Å². The fourth-order valence-corrected chi connectivity index (χ4v) is 2.83. The monoisotopic (exact) mass is 249 g/mol. The Morgan fingerprint density at radius 3 is 2.53 bits per heavy atom. The standard InChI is InChI=1S/C14H19NOS/c1-17-11-14(16)15-9-7-13(8-10-15)12-5-3-2-4-6-12/h2-6,13H,7-11H2,1H3. The Kier molecular flexibility index (Phi) is 4.49. The van der Waals surface area contributed by atoms with Gasteiger partial charge in [0.1, 0.15) is 0 Å². The van der Waals surface area contributed by atoms with Gasteiger partial charge < -0.3 is 4.90 Å². The van der Waals surface area contributed by atoms with Gasteiger partial charge in [0.15, 0.2) is 0 Å². The van der Waals surface area contributed by atoms with Crippen LogP contribution in [0.2, 0.25) is 0 Å². The van der Waals surface area contributed by atoms with Crippen LogP contribution >= 0.6 is 11.8 Å². The van der Waals surface area contributed by atoms with Crippen molar-refractivity contribution in [1.82, 2.24) is 4.90 Å². The topological polar surface area (TPSA) is 20.3 Å². The van der Waals surface area contributed by atoms with Crippen LogP contribution in [0.4, 0.5) is 0 Å². The largest absolute Gasteiger partial charge is 0.342 e. The van der Waals surface area contributed by atoms with Gasteiger partial charge >= 0.3 is 0 Å². The molecule has 1 aromatic rings.